The lowest BCUT2D eigenvalue weighted by Gasteiger charge is -2.10. The molecule has 0 aliphatic carbocycles. The Balaban J connectivity index is 1.89. The highest BCUT2D eigenvalue weighted by molar-refractivity contribution is 5.69. The van der Waals surface area contributed by atoms with E-state index in [0.29, 0.717) is 11.4 Å². The van der Waals surface area contributed by atoms with Gasteiger partial charge in [0.05, 0.1) is 5.69 Å². The maximum absolute atomic E-state index is 12.0. The number of nitrogens with one attached hydrogen (secondary N) is 1. The fourth-order valence-electron chi connectivity index (χ4n) is 1.95. The molecule has 0 amide bonds. The minimum absolute atomic E-state index is 0.0352. The van der Waals surface area contributed by atoms with Gasteiger partial charge in [-0.05, 0) is 48.5 Å². The zero-order valence-corrected chi connectivity index (χ0v) is 11.3. The molecule has 0 aromatic heterocycles. The van der Waals surface area contributed by atoms with E-state index in [1.54, 1.807) is 12.1 Å². The third-order valence-corrected chi connectivity index (χ3v) is 3.13. The van der Waals surface area contributed by atoms with Gasteiger partial charge in [-0.2, -0.15) is 0 Å². The second-order valence-electron chi connectivity index (χ2n) is 4.70. The maximum Gasteiger partial charge on any atom is 0.235 e. The molecule has 0 spiro atoms. The summed E-state index contributed by atoms with van der Waals surface area (Å²) in [7, 11) is 0. The molecule has 0 fully saturated rings. The van der Waals surface area contributed by atoms with Crippen LogP contribution in [0.15, 0.2) is 58.3 Å². The average Bonchev–Trinajstić information content (AvgIpc) is 2.53. The normalized spacial score (nSPS) is 11.7. The Labute approximate surface area is 125 Å². The van der Waals surface area contributed by atoms with Gasteiger partial charge >= 0.3 is 0 Å². The predicted molar refractivity (Wildman–Crippen MR) is 81.5 cm³/mol. The summed E-state index contributed by atoms with van der Waals surface area (Å²) in [6, 6.07) is 12.1. The van der Waals surface area contributed by atoms with Crippen molar-refractivity contribution in [1.29, 1.82) is 0 Å². The van der Waals surface area contributed by atoms with E-state index in [1.165, 1.54) is 36.4 Å². The fraction of sp³-hybridized carbons (Fsp3) is 0. The Morgan fingerprint density at radius 1 is 0.818 bits per heavy atom. The predicted octanol–water partition coefficient (Wildman–Crippen LogP) is 2.02. The molecule has 0 bridgehead atoms. The van der Waals surface area contributed by atoms with Crippen LogP contribution in [0.4, 0.5) is 17.1 Å². The Morgan fingerprint density at radius 2 is 1.36 bits per heavy atom. The Morgan fingerprint density at radius 3 is 1.91 bits per heavy atom. The minimum Gasteiger partial charge on any atom is -0.508 e. The van der Waals surface area contributed by atoms with E-state index in [1.807, 2.05) is 0 Å². The van der Waals surface area contributed by atoms with Crippen LogP contribution in [0.3, 0.4) is 0 Å². The van der Waals surface area contributed by atoms with Gasteiger partial charge in [-0.1, -0.05) is 0 Å². The lowest BCUT2D eigenvalue weighted by atomic mass is 10.2. The molecule has 3 aromatic rings. The summed E-state index contributed by atoms with van der Waals surface area (Å²) in [4.78, 5) is 16.0. The molecule has 0 aliphatic rings. The second-order valence-corrected chi connectivity index (χ2v) is 4.70. The van der Waals surface area contributed by atoms with E-state index in [-0.39, 0.29) is 28.3 Å². The lowest BCUT2D eigenvalue weighted by molar-refractivity contribution is 0.464. The molecule has 0 heterocycles. The average molecular weight is 296 g/mol. The number of hydrogen-bond donors (Lipinski definition) is 4. The largest absolute Gasteiger partial charge is 0.508 e. The maximum atomic E-state index is 12.0. The third kappa shape index (κ3) is 2.49. The molecule has 0 atom stereocenters. The van der Waals surface area contributed by atoms with Gasteiger partial charge < -0.3 is 20.6 Å². The summed E-state index contributed by atoms with van der Waals surface area (Å²) >= 11 is 0. The van der Waals surface area contributed by atoms with Crippen molar-refractivity contribution < 1.29 is 15.3 Å². The number of aromatic hydroxyl groups is 3. The van der Waals surface area contributed by atoms with Crippen molar-refractivity contribution in [3.63, 3.8) is 0 Å². The molecule has 6 nitrogen and oxygen atoms in total. The van der Waals surface area contributed by atoms with Crippen molar-refractivity contribution in [2.24, 2.45) is 4.99 Å². The highest BCUT2D eigenvalue weighted by Gasteiger charge is 2.18. The first-order valence-electron chi connectivity index (χ1n) is 6.46. The van der Waals surface area contributed by atoms with Crippen molar-refractivity contribution >= 4 is 17.1 Å². The summed E-state index contributed by atoms with van der Waals surface area (Å²) in [6.07, 6.45) is 0. The minimum atomic E-state index is -0.404. The van der Waals surface area contributed by atoms with Crippen LogP contribution in [-0.2, 0) is 0 Å². The van der Waals surface area contributed by atoms with Crippen molar-refractivity contribution in [2.45, 2.75) is 0 Å². The van der Waals surface area contributed by atoms with Crippen LogP contribution in [0.1, 0.15) is 0 Å². The monoisotopic (exact) mass is 296 g/mol. The smallest absolute Gasteiger partial charge is 0.235 e. The summed E-state index contributed by atoms with van der Waals surface area (Å²) in [5.74, 6) is -0.0113. The summed E-state index contributed by atoms with van der Waals surface area (Å²) in [6.45, 7) is 0. The van der Waals surface area contributed by atoms with Crippen LogP contribution < -0.4 is 16.1 Å². The quantitative estimate of drug-likeness (QED) is 0.554. The van der Waals surface area contributed by atoms with Gasteiger partial charge in [-0.25, -0.2) is 4.99 Å². The molecule has 4 N–H and O–H groups in total. The number of phenols is 2. The zero-order chi connectivity index (χ0) is 15.7. The van der Waals surface area contributed by atoms with Crippen LogP contribution >= 0.6 is 0 Å². The highest BCUT2D eigenvalue weighted by Crippen LogP contribution is 2.24. The van der Waals surface area contributed by atoms with Crippen LogP contribution in [0, 0.1) is 0 Å². The molecule has 0 aliphatic heterocycles. The molecule has 110 valence electrons. The lowest BCUT2D eigenvalue weighted by Crippen LogP contribution is -2.33. The van der Waals surface area contributed by atoms with Crippen molar-refractivity contribution in [3.8, 4) is 17.2 Å². The molecule has 22 heavy (non-hydrogen) atoms. The fourth-order valence-corrected chi connectivity index (χ4v) is 1.95. The first-order chi connectivity index (χ1) is 10.5. The van der Waals surface area contributed by atoms with E-state index in [9.17, 15) is 20.1 Å². The third-order valence-electron chi connectivity index (χ3n) is 3.13. The molecular weight excluding hydrogens is 284 g/mol. The van der Waals surface area contributed by atoms with E-state index in [2.05, 4.69) is 10.3 Å². The molecule has 0 saturated carbocycles. The Kier molecular flexibility index (Phi) is 3.27. The first kappa shape index (κ1) is 13.7. The molecule has 3 aromatic carbocycles. The van der Waals surface area contributed by atoms with Crippen LogP contribution in [-0.4, -0.2) is 15.3 Å². The molecule has 0 radical (unpaired) electrons. The van der Waals surface area contributed by atoms with Crippen LogP contribution in [0.25, 0.3) is 0 Å². The van der Waals surface area contributed by atoms with E-state index >= 15 is 0 Å². The number of nitrogens with zero attached hydrogens (tertiary/aromatic N) is 1. The zero-order valence-electron chi connectivity index (χ0n) is 11.3. The van der Waals surface area contributed by atoms with Crippen LogP contribution in [0.5, 0.6) is 17.2 Å². The topological polar surface area (TPSA) is 102 Å². The number of hydrogen-bond acceptors (Lipinski definition) is 6. The SMILES string of the molecule is O=c1c(Nc2ccc(O)cc2)c(O)c1=Nc1ccc(O)cc1. The Hall–Kier alpha value is -3.28. The number of anilines is 2. The molecule has 0 unspecified atom stereocenters. The van der Waals surface area contributed by atoms with Gasteiger partial charge in [-0.3, -0.25) is 4.79 Å². The van der Waals surface area contributed by atoms with Gasteiger partial charge in [0.25, 0.3) is 0 Å². The van der Waals surface area contributed by atoms with Crippen molar-refractivity contribution in [3.05, 3.63) is 64.1 Å². The second kappa shape index (κ2) is 5.25. The van der Waals surface area contributed by atoms with Crippen molar-refractivity contribution in [1.82, 2.24) is 0 Å². The number of rotatable bonds is 3. The molecule has 3 rings (SSSR count). The molecular formula is C16H12N2O4. The van der Waals surface area contributed by atoms with Crippen molar-refractivity contribution in [2.75, 3.05) is 5.32 Å². The first-order valence-corrected chi connectivity index (χ1v) is 6.46. The molecule has 0 saturated heterocycles. The summed E-state index contributed by atoms with van der Waals surface area (Å²) in [5.41, 5.74) is 0.676. The van der Waals surface area contributed by atoms with E-state index < -0.39 is 5.43 Å². The van der Waals surface area contributed by atoms with Gasteiger partial charge in [-0.15, -0.1) is 0 Å². The van der Waals surface area contributed by atoms with Gasteiger partial charge in [0, 0.05) is 5.69 Å². The Bertz CT molecular complexity index is 890. The number of benzene rings is 2. The summed E-state index contributed by atoms with van der Waals surface area (Å²) in [5, 5.41) is 31.1. The number of phenolic OH excluding ortho intramolecular Hbond substituents is 2. The highest BCUT2D eigenvalue weighted by atomic mass is 16.3. The van der Waals surface area contributed by atoms with Gasteiger partial charge in [0.2, 0.25) is 5.43 Å². The molecule has 6 heteroatoms. The van der Waals surface area contributed by atoms with Crippen LogP contribution in [0.2, 0.25) is 0 Å². The van der Waals surface area contributed by atoms with Gasteiger partial charge in [0.15, 0.2) is 11.1 Å². The van der Waals surface area contributed by atoms with E-state index in [4.69, 9.17) is 0 Å². The van der Waals surface area contributed by atoms with Gasteiger partial charge in [0.1, 0.15) is 17.2 Å². The van der Waals surface area contributed by atoms with E-state index in [0.717, 1.165) is 0 Å². The standard InChI is InChI=1S/C16H12N2O4/c19-11-5-1-9(2-6-11)17-13-15(21)14(16(13)22)18-10-3-7-12(20)8-4-10/h1-8,17,19-21H. The summed E-state index contributed by atoms with van der Waals surface area (Å²) < 4.78 is 0.